The monoisotopic (exact) mass is 438 g/mol. The third-order valence-electron chi connectivity index (χ3n) is 4.20. The molecule has 1 aliphatic rings. The van der Waals surface area contributed by atoms with E-state index in [-0.39, 0.29) is 11.7 Å². The zero-order valence-corrected chi connectivity index (χ0v) is 17.2. The van der Waals surface area contributed by atoms with Crippen LogP contribution in [0.5, 0.6) is 5.75 Å². The molecule has 3 aromatic rings. The topological polar surface area (TPSA) is 50.7 Å². The maximum atomic E-state index is 12.9. The molecule has 0 saturated carbocycles. The number of rotatable bonds is 5. The van der Waals surface area contributed by atoms with Crippen LogP contribution in [-0.2, 0) is 11.4 Å². The first-order valence-corrected chi connectivity index (χ1v) is 10.3. The SMILES string of the molecule is O=C1NC(=Nc2ccc(Cl)cc2)S/C1=C\c1ccc(OCc2ccc(F)cc2)cc1. The smallest absolute Gasteiger partial charge is 0.264 e. The molecule has 1 saturated heterocycles. The number of nitrogens with one attached hydrogen (secondary N) is 1. The van der Waals surface area contributed by atoms with Gasteiger partial charge >= 0.3 is 0 Å². The lowest BCUT2D eigenvalue weighted by molar-refractivity contribution is -0.115. The van der Waals surface area contributed by atoms with Gasteiger partial charge in [0, 0.05) is 5.02 Å². The fourth-order valence-electron chi connectivity index (χ4n) is 2.67. The van der Waals surface area contributed by atoms with E-state index in [1.807, 2.05) is 24.3 Å². The molecule has 4 rings (SSSR count). The molecule has 0 radical (unpaired) electrons. The quantitative estimate of drug-likeness (QED) is 0.501. The van der Waals surface area contributed by atoms with Crippen LogP contribution in [0.15, 0.2) is 82.7 Å². The lowest BCUT2D eigenvalue weighted by Gasteiger charge is -2.06. The van der Waals surface area contributed by atoms with Crippen molar-refractivity contribution in [3.63, 3.8) is 0 Å². The molecule has 0 aliphatic carbocycles. The fraction of sp³-hybridized carbons (Fsp3) is 0.0435. The van der Waals surface area contributed by atoms with Gasteiger partial charge in [-0.15, -0.1) is 0 Å². The molecule has 4 nitrogen and oxygen atoms in total. The average molecular weight is 439 g/mol. The second kappa shape index (κ2) is 9.15. The van der Waals surface area contributed by atoms with Crippen molar-refractivity contribution in [3.05, 3.63) is 99.7 Å². The molecule has 1 heterocycles. The second-order valence-corrected chi connectivity index (χ2v) is 7.91. The van der Waals surface area contributed by atoms with E-state index in [0.29, 0.717) is 33.1 Å². The van der Waals surface area contributed by atoms with Crippen LogP contribution in [0, 0.1) is 5.82 Å². The number of aliphatic imine (C=N–C) groups is 1. The van der Waals surface area contributed by atoms with Crippen LogP contribution in [0.2, 0.25) is 5.02 Å². The number of thioether (sulfide) groups is 1. The molecule has 0 atom stereocenters. The predicted molar refractivity (Wildman–Crippen MR) is 119 cm³/mol. The van der Waals surface area contributed by atoms with Crippen molar-refractivity contribution in [3.8, 4) is 5.75 Å². The van der Waals surface area contributed by atoms with Crippen LogP contribution in [0.25, 0.3) is 6.08 Å². The van der Waals surface area contributed by atoms with Gasteiger partial charge in [-0.25, -0.2) is 9.38 Å². The summed E-state index contributed by atoms with van der Waals surface area (Å²) >= 11 is 7.16. The van der Waals surface area contributed by atoms with E-state index in [2.05, 4.69) is 10.3 Å². The lowest BCUT2D eigenvalue weighted by Crippen LogP contribution is -2.19. The van der Waals surface area contributed by atoms with Gasteiger partial charge in [0.2, 0.25) is 0 Å². The maximum absolute atomic E-state index is 12.9. The summed E-state index contributed by atoms with van der Waals surface area (Å²) in [5, 5.41) is 3.92. The molecule has 0 bridgehead atoms. The lowest BCUT2D eigenvalue weighted by atomic mass is 10.2. The number of benzene rings is 3. The van der Waals surface area contributed by atoms with Gasteiger partial charge in [-0.1, -0.05) is 35.9 Å². The van der Waals surface area contributed by atoms with Crippen molar-refractivity contribution in [2.45, 2.75) is 6.61 Å². The van der Waals surface area contributed by atoms with Gasteiger partial charge in [0.05, 0.1) is 10.6 Å². The van der Waals surface area contributed by atoms with E-state index < -0.39 is 0 Å². The Morgan fingerprint density at radius 3 is 2.40 bits per heavy atom. The summed E-state index contributed by atoms with van der Waals surface area (Å²) in [6.45, 7) is 0.351. The van der Waals surface area contributed by atoms with E-state index in [9.17, 15) is 9.18 Å². The Balaban J connectivity index is 1.39. The van der Waals surface area contributed by atoms with Crippen molar-refractivity contribution in [2.75, 3.05) is 0 Å². The summed E-state index contributed by atoms with van der Waals surface area (Å²) in [5.41, 5.74) is 2.47. The normalized spacial score (nSPS) is 16.1. The number of hydrogen-bond donors (Lipinski definition) is 1. The third-order valence-corrected chi connectivity index (χ3v) is 5.37. The third kappa shape index (κ3) is 5.28. The number of hydrogen-bond acceptors (Lipinski definition) is 4. The van der Waals surface area contributed by atoms with Gasteiger partial charge in [0.25, 0.3) is 5.91 Å². The van der Waals surface area contributed by atoms with Crippen LogP contribution in [-0.4, -0.2) is 11.1 Å². The number of ether oxygens (including phenoxy) is 1. The Morgan fingerprint density at radius 2 is 1.70 bits per heavy atom. The maximum Gasteiger partial charge on any atom is 0.264 e. The van der Waals surface area contributed by atoms with Gasteiger partial charge in [-0.05, 0) is 77.5 Å². The fourth-order valence-corrected chi connectivity index (χ4v) is 3.64. The number of carbonyl (C=O) groups is 1. The Bertz CT molecular complexity index is 1110. The predicted octanol–water partition coefficient (Wildman–Crippen LogP) is 5.95. The molecule has 1 fully saturated rings. The highest BCUT2D eigenvalue weighted by molar-refractivity contribution is 8.18. The standard InChI is InChI=1S/C23H16ClFN2O2S/c24-17-5-9-19(10-6-17)26-23-27-22(28)21(30-23)13-15-3-11-20(12-4-15)29-14-16-1-7-18(25)8-2-16/h1-13H,14H2,(H,26,27,28)/b21-13-. The second-order valence-electron chi connectivity index (χ2n) is 6.44. The number of amides is 1. The number of carbonyl (C=O) groups excluding carboxylic acids is 1. The molecule has 0 aromatic heterocycles. The van der Waals surface area contributed by atoms with Crippen LogP contribution in [0.4, 0.5) is 10.1 Å². The van der Waals surface area contributed by atoms with Gasteiger partial charge in [-0.3, -0.25) is 4.79 Å². The van der Waals surface area contributed by atoms with Gasteiger partial charge in [0.15, 0.2) is 5.17 Å². The molecule has 7 heteroatoms. The summed E-state index contributed by atoms with van der Waals surface area (Å²) in [6.07, 6.45) is 1.80. The number of amidine groups is 1. The first-order valence-electron chi connectivity index (χ1n) is 9.08. The highest BCUT2D eigenvalue weighted by Crippen LogP contribution is 2.29. The zero-order chi connectivity index (χ0) is 20.9. The van der Waals surface area contributed by atoms with Crippen LogP contribution in [0.3, 0.4) is 0 Å². The van der Waals surface area contributed by atoms with E-state index in [0.717, 1.165) is 11.1 Å². The summed E-state index contributed by atoms with van der Waals surface area (Å²) in [4.78, 5) is 17.2. The highest BCUT2D eigenvalue weighted by atomic mass is 35.5. The van der Waals surface area contributed by atoms with Gasteiger partial charge < -0.3 is 10.1 Å². The van der Waals surface area contributed by atoms with E-state index >= 15 is 0 Å². The molecule has 150 valence electrons. The molecule has 1 N–H and O–H groups in total. The van der Waals surface area contributed by atoms with Crippen molar-refractivity contribution in [2.24, 2.45) is 4.99 Å². The average Bonchev–Trinajstić information content (AvgIpc) is 3.09. The first kappa shape index (κ1) is 20.2. The molecule has 1 aliphatic heterocycles. The molecular formula is C23H16ClFN2O2S. The highest BCUT2D eigenvalue weighted by Gasteiger charge is 2.23. The van der Waals surface area contributed by atoms with E-state index in [1.165, 1.54) is 23.9 Å². The van der Waals surface area contributed by atoms with Crippen LogP contribution >= 0.6 is 23.4 Å². The minimum absolute atomic E-state index is 0.190. The number of nitrogens with zero attached hydrogens (tertiary/aromatic N) is 1. The Labute approximate surface area is 182 Å². The van der Waals surface area contributed by atoms with E-state index in [4.69, 9.17) is 16.3 Å². The van der Waals surface area contributed by atoms with Crippen molar-refractivity contribution in [1.29, 1.82) is 0 Å². The molecule has 3 aromatic carbocycles. The van der Waals surface area contributed by atoms with Crippen molar-refractivity contribution >= 4 is 46.2 Å². The molecule has 0 unspecified atom stereocenters. The largest absolute Gasteiger partial charge is 0.489 e. The minimum Gasteiger partial charge on any atom is -0.489 e. The first-order chi connectivity index (χ1) is 14.5. The minimum atomic E-state index is -0.272. The van der Waals surface area contributed by atoms with Crippen LogP contribution in [0.1, 0.15) is 11.1 Å². The van der Waals surface area contributed by atoms with Gasteiger partial charge in [-0.2, -0.15) is 0 Å². The summed E-state index contributed by atoms with van der Waals surface area (Å²) in [7, 11) is 0. The molecule has 0 spiro atoms. The van der Waals surface area contributed by atoms with E-state index in [1.54, 1.807) is 42.5 Å². The summed E-state index contributed by atoms with van der Waals surface area (Å²) in [6, 6.07) is 20.7. The molecule has 1 amide bonds. The van der Waals surface area contributed by atoms with Crippen molar-refractivity contribution in [1.82, 2.24) is 5.32 Å². The molecular weight excluding hydrogens is 423 g/mol. The Morgan fingerprint density at radius 1 is 1.00 bits per heavy atom. The summed E-state index contributed by atoms with van der Waals surface area (Å²) in [5.74, 6) is 0.227. The zero-order valence-electron chi connectivity index (χ0n) is 15.6. The Hall–Kier alpha value is -3.09. The van der Waals surface area contributed by atoms with Gasteiger partial charge in [0.1, 0.15) is 18.2 Å². The number of halogens is 2. The summed E-state index contributed by atoms with van der Waals surface area (Å²) < 4.78 is 18.7. The van der Waals surface area contributed by atoms with Crippen LogP contribution < -0.4 is 10.1 Å². The van der Waals surface area contributed by atoms with Crippen molar-refractivity contribution < 1.29 is 13.9 Å². The molecule has 30 heavy (non-hydrogen) atoms. The Kier molecular flexibility index (Phi) is 6.16.